The Morgan fingerprint density at radius 3 is 2.71 bits per heavy atom. The highest BCUT2D eigenvalue weighted by molar-refractivity contribution is 7.80. The maximum atomic E-state index is 5.80. The number of fused-ring (bicyclic) bond motifs is 1. The lowest BCUT2D eigenvalue weighted by atomic mass is 10.0. The van der Waals surface area contributed by atoms with Gasteiger partial charge in [-0.25, -0.2) is 4.98 Å². The summed E-state index contributed by atoms with van der Waals surface area (Å²) in [6, 6.07) is 12.2. The molecule has 0 aliphatic carbocycles. The highest BCUT2D eigenvalue weighted by Crippen LogP contribution is 2.26. The standard InChI is InChI=1S/C16H15N3S2/c17-16(20)13-5-6-14(12-4-2-1-3-11(12)13)18-8-7-15-19-9-10-21-15/h1-6,9-10,18H,7-8H2,(H2,17,20). The number of nitrogens with one attached hydrogen (secondary N) is 1. The number of thiazole rings is 1. The van der Waals surface area contributed by atoms with Gasteiger partial charge in [-0.2, -0.15) is 0 Å². The van der Waals surface area contributed by atoms with Crippen molar-refractivity contribution in [1.82, 2.24) is 4.98 Å². The van der Waals surface area contributed by atoms with Gasteiger partial charge in [-0.1, -0.05) is 36.5 Å². The zero-order chi connectivity index (χ0) is 14.7. The van der Waals surface area contributed by atoms with Gasteiger partial charge >= 0.3 is 0 Å². The van der Waals surface area contributed by atoms with Crippen molar-refractivity contribution < 1.29 is 0 Å². The highest BCUT2D eigenvalue weighted by atomic mass is 32.1. The molecule has 0 atom stereocenters. The van der Waals surface area contributed by atoms with E-state index in [0.29, 0.717) is 4.99 Å². The second kappa shape index (κ2) is 6.20. The molecule has 5 heteroatoms. The Bertz CT molecular complexity index is 766. The van der Waals surface area contributed by atoms with Crippen LogP contribution in [0, 0.1) is 0 Å². The first-order valence-corrected chi connectivity index (χ1v) is 7.98. The van der Waals surface area contributed by atoms with Crippen LogP contribution in [-0.4, -0.2) is 16.5 Å². The van der Waals surface area contributed by atoms with Gasteiger partial charge in [-0.05, 0) is 17.5 Å². The van der Waals surface area contributed by atoms with Crippen LogP contribution >= 0.6 is 23.6 Å². The van der Waals surface area contributed by atoms with E-state index in [4.69, 9.17) is 18.0 Å². The second-order valence-corrected chi connectivity index (χ2v) is 6.09. The fourth-order valence-corrected chi connectivity index (χ4v) is 3.15. The lowest BCUT2D eigenvalue weighted by Crippen LogP contribution is -2.11. The van der Waals surface area contributed by atoms with Crippen LogP contribution in [0.1, 0.15) is 10.6 Å². The number of benzene rings is 2. The Morgan fingerprint density at radius 2 is 2.00 bits per heavy atom. The summed E-state index contributed by atoms with van der Waals surface area (Å²) in [7, 11) is 0. The van der Waals surface area contributed by atoms with Crippen molar-refractivity contribution in [1.29, 1.82) is 0 Å². The van der Waals surface area contributed by atoms with E-state index in [1.54, 1.807) is 11.3 Å². The predicted molar refractivity (Wildman–Crippen MR) is 94.1 cm³/mol. The number of hydrogen-bond acceptors (Lipinski definition) is 4. The molecule has 0 spiro atoms. The summed E-state index contributed by atoms with van der Waals surface area (Å²) in [6.45, 7) is 0.851. The van der Waals surface area contributed by atoms with E-state index in [-0.39, 0.29) is 0 Å². The minimum atomic E-state index is 0.431. The minimum Gasteiger partial charge on any atom is -0.389 e. The number of nitrogens with zero attached hydrogens (tertiary/aromatic N) is 1. The molecule has 0 fully saturated rings. The monoisotopic (exact) mass is 313 g/mol. The lowest BCUT2D eigenvalue weighted by Gasteiger charge is -2.12. The van der Waals surface area contributed by atoms with E-state index in [9.17, 15) is 0 Å². The summed E-state index contributed by atoms with van der Waals surface area (Å²) in [6.07, 6.45) is 2.76. The molecule has 2 aromatic carbocycles. The first-order chi connectivity index (χ1) is 10.3. The average Bonchev–Trinajstić information content (AvgIpc) is 3.00. The van der Waals surface area contributed by atoms with Gasteiger partial charge in [-0.3, -0.25) is 0 Å². The summed E-state index contributed by atoms with van der Waals surface area (Å²) in [5.74, 6) is 0. The van der Waals surface area contributed by atoms with E-state index >= 15 is 0 Å². The number of nitrogens with two attached hydrogens (primary N) is 1. The zero-order valence-corrected chi connectivity index (χ0v) is 13.0. The summed E-state index contributed by atoms with van der Waals surface area (Å²) < 4.78 is 0. The van der Waals surface area contributed by atoms with Crippen LogP contribution in [0.2, 0.25) is 0 Å². The van der Waals surface area contributed by atoms with Gasteiger partial charge in [0.1, 0.15) is 4.99 Å². The molecule has 1 heterocycles. The maximum absolute atomic E-state index is 5.80. The maximum Gasteiger partial charge on any atom is 0.104 e. The molecule has 0 radical (unpaired) electrons. The van der Waals surface area contributed by atoms with Crippen LogP contribution in [0.15, 0.2) is 48.0 Å². The molecule has 0 aliphatic heterocycles. The fourth-order valence-electron chi connectivity index (χ4n) is 2.35. The van der Waals surface area contributed by atoms with E-state index in [2.05, 4.69) is 22.4 Å². The van der Waals surface area contributed by atoms with Crippen molar-refractivity contribution in [3.05, 3.63) is 58.5 Å². The molecule has 3 rings (SSSR count). The summed E-state index contributed by atoms with van der Waals surface area (Å²) >= 11 is 6.81. The van der Waals surface area contributed by atoms with Crippen LogP contribution in [0.4, 0.5) is 5.69 Å². The molecule has 0 saturated carbocycles. The smallest absolute Gasteiger partial charge is 0.104 e. The molecular weight excluding hydrogens is 298 g/mol. The molecule has 106 valence electrons. The highest BCUT2D eigenvalue weighted by Gasteiger charge is 2.07. The van der Waals surface area contributed by atoms with Gasteiger partial charge in [0.2, 0.25) is 0 Å². The summed E-state index contributed by atoms with van der Waals surface area (Å²) in [5.41, 5.74) is 7.82. The predicted octanol–water partition coefficient (Wildman–Crippen LogP) is 3.59. The topological polar surface area (TPSA) is 50.9 Å². The van der Waals surface area contributed by atoms with Crippen LogP contribution in [-0.2, 0) is 6.42 Å². The lowest BCUT2D eigenvalue weighted by molar-refractivity contribution is 1.000. The van der Waals surface area contributed by atoms with Gasteiger partial charge in [0.05, 0.1) is 5.01 Å². The Kier molecular flexibility index (Phi) is 4.13. The largest absolute Gasteiger partial charge is 0.389 e. The van der Waals surface area contributed by atoms with Crippen LogP contribution in [0.3, 0.4) is 0 Å². The molecule has 0 saturated heterocycles. The summed E-state index contributed by atoms with van der Waals surface area (Å²) in [5, 5.41) is 8.85. The molecular formula is C16H15N3S2. The van der Waals surface area contributed by atoms with Gasteiger partial charge in [0.25, 0.3) is 0 Å². The third kappa shape index (κ3) is 3.04. The number of aromatic nitrogens is 1. The van der Waals surface area contributed by atoms with Crippen molar-refractivity contribution >= 4 is 45.0 Å². The molecule has 1 aromatic heterocycles. The third-order valence-electron chi connectivity index (χ3n) is 3.33. The number of anilines is 1. The Balaban J connectivity index is 1.85. The van der Waals surface area contributed by atoms with Crippen LogP contribution in [0.25, 0.3) is 10.8 Å². The molecule has 0 aliphatic rings. The molecule has 0 unspecified atom stereocenters. The molecule has 0 bridgehead atoms. The van der Waals surface area contributed by atoms with Crippen molar-refractivity contribution in [2.75, 3.05) is 11.9 Å². The van der Waals surface area contributed by atoms with Crippen LogP contribution < -0.4 is 11.1 Å². The normalized spacial score (nSPS) is 10.7. The third-order valence-corrected chi connectivity index (χ3v) is 4.39. The fraction of sp³-hybridized carbons (Fsp3) is 0.125. The first kappa shape index (κ1) is 14.0. The number of hydrogen-bond donors (Lipinski definition) is 2. The SMILES string of the molecule is NC(=S)c1ccc(NCCc2nccs2)c2ccccc12. The zero-order valence-electron chi connectivity index (χ0n) is 11.4. The van der Waals surface area contributed by atoms with E-state index < -0.39 is 0 Å². The van der Waals surface area contributed by atoms with E-state index in [1.165, 1.54) is 0 Å². The van der Waals surface area contributed by atoms with Gasteiger partial charge < -0.3 is 11.1 Å². The summed E-state index contributed by atoms with van der Waals surface area (Å²) in [4.78, 5) is 4.72. The van der Waals surface area contributed by atoms with Gasteiger partial charge in [0, 0.05) is 41.2 Å². The van der Waals surface area contributed by atoms with Crippen molar-refractivity contribution in [2.24, 2.45) is 5.73 Å². The Morgan fingerprint density at radius 1 is 1.19 bits per heavy atom. The first-order valence-electron chi connectivity index (χ1n) is 6.69. The van der Waals surface area contributed by atoms with Crippen LogP contribution in [0.5, 0.6) is 0 Å². The van der Waals surface area contributed by atoms with Crippen molar-refractivity contribution in [2.45, 2.75) is 6.42 Å². The second-order valence-electron chi connectivity index (χ2n) is 4.67. The van der Waals surface area contributed by atoms with E-state index in [0.717, 1.165) is 40.0 Å². The molecule has 3 aromatic rings. The van der Waals surface area contributed by atoms with Gasteiger partial charge in [0.15, 0.2) is 0 Å². The molecule has 0 amide bonds. The van der Waals surface area contributed by atoms with E-state index in [1.807, 2.05) is 35.8 Å². The molecule has 3 N–H and O–H groups in total. The van der Waals surface area contributed by atoms with Crippen molar-refractivity contribution in [3.8, 4) is 0 Å². The quantitative estimate of drug-likeness (QED) is 0.707. The molecule has 21 heavy (non-hydrogen) atoms. The van der Waals surface area contributed by atoms with Crippen molar-refractivity contribution in [3.63, 3.8) is 0 Å². The Hall–Kier alpha value is -1.98. The number of rotatable bonds is 5. The molecule has 3 nitrogen and oxygen atoms in total. The minimum absolute atomic E-state index is 0.431. The van der Waals surface area contributed by atoms with Gasteiger partial charge in [-0.15, -0.1) is 11.3 Å². The average molecular weight is 313 g/mol. The Labute approximate surface area is 132 Å². The number of thiocarbonyl (C=S) groups is 1.